The third-order valence-electron chi connectivity index (χ3n) is 2.80. The molecule has 2 aromatic rings. The van der Waals surface area contributed by atoms with Crippen molar-refractivity contribution in [3.63, 3.8) is 0 Å². The van der Waals surface area contributed by atoms with Crippen molar-refractivity contribution in [2.24, 2.45) is 0 Å². The second-order valence-electron chi connectivity index (χ2n) is 4.22. The molecular formula is C15H15ClN2O2. The minimum atomic E-state index is -0.132. The molecule has 20 heavy (non-hydrogen) atoms. The van der Waals surface area contributed by atoms with Crippen LogP contribution in [0.1, 0.15) is 21.5 Å². The number of halogens is 1. The molecule has 2 rings (SSSR count). The summed E-state index contributed by atoms with van der Waals surface area (Å²) >= 11 is 5.76. The Labute approximate surface area is 122 Å². The largest absolute Gasteiger partial charge is 0.481 e. The van der Waals surface area contributed by atoms with Crippen molar-refractivity contribution in [1.82, 2.24) is 10.3 Å². The van der Waals surface area contributed by atoms with Crippen molar-refractivity contribution >= 4 is 17.5 Å². The number of aromatic nitrogens is 1. The average Bonchev–Trinajstić information content (AvgIpc) is 2.52. The maximum absolute atomic E-state index is 12.0. The van der Waals surface area contributed by atoms with Gasteiger partial charge in [0.05, 0.1) is 7.11 Å². The summed E-state index contributed by atoms with van der Waals surface area (Å²) < 4.78 is 5.04. The van der Waals surface area contributed by atoms with Crippen molar-refractivity contribution in [1.29, 1.82) is 0 Å². The highest BCUT2D eigenvalue weighted by atomic mass is 35.5. The molecule has 0 aliphatic carbocycles. The van der Waals surface area contributed by atoms with E-state index in [2.05, 4.69) is 10.3 Å². The fourth-order valence-corrected chi connectivity index (χ4v) is 1.92. The van der Waals surface area contributed by atoms with E-state index in [1.165, 1.54) is 0 Å². The van der Waals surface area contributed by atoms with E-state index in [4.69, 9.17) is 16.3 Å². The molecular weight excluding hydrogens is 276 g/mol. The highest BCUT2D eigenvalue weighted by Crippen LogP contribution is 2.10. The first-order valence-electron chi connectivity index (χ1n) is 6.15. The van der Waals surface area contributed by atoms with Crippen molar-refractivity contribution in [2.45, 2.75) is 12.4 Å². The number of nitrogens with zero attached hydrogens (tertiary/aromatic N) is 1. The summed E-state index contributed by atoms with van der Waals surface area (Å²) in [5, 5.41) is 2.85. The summed E-state index contributed by atoms with van der Waals surface area (Å²) in [5.74, 6) is 0.788. The van der Waals surface area contributed by atoms with Gasteiger partial charge in [-0.05, 0) is 29.3 Å². The van der Waals surface area contributed by atoms with Crippen molar-refractivity contribution < 1.29 is 9.53 Å². The Balaban J connectivity index is 2.00. The summed E-state index contributed by atoms with van der Waals surface area (Å²) in [6.45, 7) is 0.419. The van der Waals surface area contributed by atoms with Gasteiger partial charge in [0.25, 0.3) is 5.91 Å². The Morgan fingerprint density at radius 3 is 2.90 bits per heavy atom. The summed E-state index contributed by atoms with van der Waals surface area (Å²) in [7, 11) is 1.56. The molecule has 0 saturated carbocycles. The highest BCUT2D eigenvalue weighted by molar-refractivity contribution is 6.17. The van der Waals surface area contributed by atoms with E-state index in [1.54, 1.807) is 31.5 Å². The lowest BCUT2D eigenvalue weighted by molar-refractivity contribution is 0.0950. The monoisotopic (exact) mass is 290 g/mol. The van der Waals surface area contributed by atoms with Gasteiger partial charge in [0, 0.05) is 30.3 Å². The first-order chi connectivity index (χ1) is 9.72. The number of hydrogen-bond acceptors (Lipinski definition) is 3. The lowest BCUT2D eigenvalue weighted by atomic mass is 10.1. The first kappa shape index (κ1) is 14.3. The predicted molar refractivity (Wildman–Crippen MR) is 78.0 cm³/mol. The van der Waals surface area contributed by atoms with Crippen LogP contribution in [0.15, 0.2) is 42.6 Å². The number of ether oxygens (including phenoxy) is 1. The van der Waals surface area contributed by atoms with Crippen molar-refractivity contribution in [3.05, 3.63) is 59.3 Å². The van der Waals surface area contributed by atoms with E-state index in [0.29, 0.717) is 23.9 Å². The van der Waals surface area contributed by atoms with E-state index >= 15 is 0 Å². The van der Waals surface area contributed by atoms with Gasteiger partial charge in [-0.3, -0.25) is 4.79 Å². The van der Waals surface area contributed by atoms with Gasteiger partial charge in [-0.25, -0.2) is 4.98 Å². The summed E-state index contributed by atoms with van der Waals surface area (Å²) in [5.41, 5.74) is 2.45. The van der Waals surface area contributed by atoms with Gasteiger partial charge in [0.15, 0.2) is 0 Å². The Morgan fingerprint density at radius 2 is 2.15 bits per heavy atom. The zero-order chi connectivity index (χ0) is 14.4. The molecule has 1 aromatic heterocycles. The minimum Gasteiger partial charge on any atom is -0.481 e. The molecule has 0 bridgehead atoms. The van der Waals surface area contributed by atoms with Crippen LogP contribution >= 0.6 is 11.6 Å². The molecule has 1 amide bonds. The van der Waals surface area contributed by atoms with Gasteiger partial charge in [-0.2, -0.15) is 0 Å². The molecule has 0 fully saturated rings. The number of carbonyl (C=O) groups excluding carboxylic acids is 1. The van der Waals surface area contributed by atoms with E-state index in [-0.39, 0.29) is 5.91 Å². The van der Waals surface area contributed by atoms with Gasteiger partial charge in [0.2, 0.25) is 5.88 Å². The molecule has 1 aromatic carbocycles. The van der Waals surface area contributed by atoms with Crippen LogP contribution in [0.2, 0.25) is 0 Å². The molecule has 5 heteroatoms. The molecule has 1 heterocycles. The minimum absolute atomic E-state index is 0.132. The fraction of sp³-hybridized carbons (Fsp3) is 0.200. The number of benzene rings is 1. The van der Waals surface area contributed by atoms with Crippen LogP contribution in [-0.2, 0) is 12.4 Å². The van der Waals surface area contributed by atoms with Crippen LogP contribution in [-0.4, -0.2) is 18.0 Å². The van der Waals surface area contributed by atoms with Crippen LogP contribution in [0.5, 0.6) is 5.88 Å². The maximum Gasteiger partial charge on any atom is 0.251 e. The number of carbonyl (C=O) groups is 1. The van der Waals surface area contributed by atoms with E-state index in [9.17, 15) is 4.79 Å². The molecule has 0 aliphatic heterocycles. The number of alkyl halides is 1. The topological polar surface area (TPSA) is 51.2 Å². The second-order valence-corrected chi connectivity index (χ2v) is 4.49. The van der Waals surface area contributed by atoms with Gasteiger partial charge >= 0.3 is 0 Å². The van der Waals surface area contributed by atoms with E-state index in [1.807, 2.05) is 18.2 Å². The molecule has 1 N–H and O–H groups in total. The zero-order valence-corrected chi connectivity index (χ0v) is 11.9. The van der Waals surface area contributed by atoms with Crippen molar-refractivity contribution in [3.8, 4) is 5.88 Å². The van der Waals surface area contributed by atoms with Gasteiger partial charge in [0.1, 0.15) is 0 Å². The Bertz CT molecular complexity index is 602. The van der Waals surface area contributed by atoms with Gasteiger partial charge in [-0.15, -0.1) is 11.6 Å². The third kappa shape index (κ3) is 3.71. The first-order valence-corrected chi connectivity index (χ1v) is 6.68. The molecule has 0 unspecified atom stereocenters. The Morgan fingerprint density at radius 1 is 1.30 bits per heavy atom. The Kier molecular flexibility index (Phi) is 4.96. The number of rotatable bonds is 5. The van der Waals surface area contributed by atoms with Gasteiger partial charge in [-0.1, -0.05) is 12.1 Å². The SMILES string of the molecule is COc1cc(CNC(=O)c2cccc(CCl)c2)ccn1. The zero-order valence-electron chi connectivity index (χ0n) is 11.1. The highest BCUT2D eigenvalue weighted by Gasteiger charge is 2.06. The number of methoxy groups -OCH3 is 1. The van der Waals surface area contributed by atoms with Crippen LogP contribution in [0, 0.1) is 0 Å². The van der Waals surface area contributed by atoms with Crippen molar-refractivity contribution in [2.75, 3.05) is 7.11 Å². The molecule has 0 spiro atoms. The molecule has 0 saturated heterocycles. The Hall–Kier alpha value is -2.07. The maximum atomic E-state index is 12.0. The quantitative estimate of drug-likeness (QED) is 0.862. The average molecular weight is 291 g/mol. The summed E-state index contributed by atoms with van der Waals surface area (Å²) in [6.07, 6.45) is 1.65. The lowest BCUT2D eigenvalue weighted by Crippen LogP contribution is -2.22. The van der Waals surface area contributed by atoms with Crippen LogP contribution < -0.4 is 10.1 Å². The van der Waals surface area contributed by atoms with Gasteiger partial charge < -0.3 is 10.1 Å². The fourth-order valence-electron chi connectivity index (χ4n) is 1.75. The number of nitrogens with one attached hydrogen (secondary N) is 1. The summed E-state index contributed by atoms with van der Waals surface area (Å²) in [4.78, 5) is 16.1. The predicted octanol–water partition coefficient (Wildman–Crippen LogP) is 2.76. The molecule has 0 radical (unpaired) electrons. The normalized spacial score (nSPS) is 10.1. The molecule has 0 aliphatic rings. The molecule has 0 atom stereocenters. The second kappa shape index (κ2) is 6.91. The number of amides is 1. The lowest BCUT2D eigenvalue weighted by Gasteiger charge is -2.07. The third-order valence-corrected chi connectivity index (χ3v) is 3.11. The van der Waals surface area contributed by atoms with E-state index < -0.39 is 0 Å². The molecule has 4 nitrogen and oxygen atoms in total. The number of pyridine rings is 1. The molecule has 104 valence electrons. The van der Waals surface area contributed by atoms with Crippen LogP contribution in [0.25, 0.3) is 0 Å². The standard InChI is InChI=1S/C15H15ClN2O2/c1-20-14-8-12(5-6-17-14)10-18-15(19)13-4-2-3-11(7-13)9-16/h2-8H,9-10H2,1H3,(H,18,19). The van der Waals surface area contributed by atoms with Crippen LogP contribution in [0.4, 0.5) is 0 Å². The van der Waals surface area contributed by atoms with Crippen LogP contribution in [0.3, 0.4) is 0 Å². The smallest absolute Gasteiger partial charge is 0.251 e. The van der Waals surface area contributed by atoms with E-state index in [0.717, 1.165) is 11.1 Å². The number of hydrogen-bond donors (Lipinski definition) is 1. The summed E-state index contributed by atoms with van der Waals surface area (Å²) in [6, 6.07) is 10.9.